The fraction of sp³-hybridized carbons (Fsp3) is 0.200. The topological polar surface area (TPSA) is 64.9 Å². The van der Waals surface area contributed by atoms with Gasteiger partial charge in [-0.05, 0) is 13.0 Å². The molecular formula is C10H11N3O. The van der Waals surface area contributed by atoms with Crippen LogP contribution in [0.4, 0.5) is 0 Å². The second-order valence-electron chi connectivity index (χ2n) is 3.10. The number of nitrogens with zero attached hydrogens (tertiary/aromatic N) is 2. The van der Waals surface area contributed by atoms with Crippen LogP contribution < -0.4 is 5.73 Å². The molecule has 0 saturated carbocycles. The molecule has 2 N–H and O–H groups in total. The van der Waals surface area contributed by atoms with Gasteiger partial charge >= 0.3 is 0 Å². The van der Waals surface area contributed by atoms with Crippen LogP contribution in [0, 0.1) is 6.92 Å². The lowest BCUT2D eigenvalue weighted by molar-refractivity contribution is 0.530. The zero-order valence-electron chi connectivity index (χ0n) is 7.84. The third-order valence-corrected chi connectivity index (χ3v) is 2.01. The van der Waals surface area contributed by atoms with Gasteiger partial charge in [-0.2, -0.15) is 0 Å². The largest absolute Gasteiger partial charge is 0.469 e. The van der Waals surface area contributed by atoms with E-state index in [4.69, 9.17) is 10.2 Å². The van der Waals surface area contributed by atoms with Crippen LogP contribution in [0.25, 0.3) is 0 Å². The Labute approximate surface area is 81.8 Å². The Kier molecular flexibility index (Phi) is 2.28. The van der Waals surface area contributed by atoms with Crippen LogP contribution in [0.2, 0.25) is 0 Å². The van der Waals surface area contributed by atoms with Gasteiger partial charge in [-0.3, -0.25) is 9.97 Å². The lowest BCUT2D eigenvalue weighted by atomic mass is 10.1. The highest BCUT2D eigenvalue weighted by atomic mass is 16.3. The molecule has 4 nitrogen and oxygen atoms in total. The molecule has 72 valence electrons. The molecule has 0 amide bonds. The molecular weight excluding hydrogens is 178 g/mol. The van der Waals surface area contributed by atoms with E-state index in [9.17, 15) is 0 Å². The van der Waals surface area contributed by atoms with Crippen LogP contribution in [0.15, 0.2) is 35.3 Å². The first-order valence-electron chi connectivity index (χ1n) is 4.34. The van der Waals surface area contributed by atoms with Crippen LogP contribution in [-0.4, -0.2) is 9.97 Å². The van der Waals surface area contributed by atoms with E-state index in [1.165, 1.54) is 0 Å². The fourth-order valence-corrected chi connectivity index (χ4v) is 1.27. The molecule has 2 aromatic heterocycles. The molecule has 4 heteroatoms. The van der Waals surface area contributed by atoms with Gasteiger partial charge in [0.1, 0.15) is 5.76 Å². The van der Waals surface area contributed by atoms with E-state index in [0.717, 1.165) is 17.0 Å². The van der Waals surface area contributed by atoms with Crippen LogP contribution in [0.3, 0.4) is 0 Å². The normalized spacial score (nSPS) is 12.7. The van der Waals surface area contributed by atoms with Gasteiger partial charge < -0.3 is 10.2 Å². The first kappa shape index (κ1) is 8.90. The number of hydrogen-bond donors (Lipinski definition) is 1. The predicted molar refractivity (Wildman–Crippen MR) is 51.5 cm³/mol. The summed E-state index contributed by atoms with van der Waals surface area (Å²) < 4.78 is 5.18. The highest BCUT2D eigenvalue weighted by Crippen LogP contribution is 2.18. The molecule has 0 aliphatic rings. The minimum Gasteiger partial charge on any atom is -0.469 e. The molecule has 0 aromatic carbocycles. The highest BCUT2D eigenvalue weighted by Gasteiger charge is 2.12. The Morgan fingerprint density at radius 2 is 2.29 bits per heavy atom. The molecule has 0 aliphatic carbocycles. The summed E-state index contributed by atoms with van der Waals surface area (Å²) in [5.41, 5.74) is 7.63. The van der Waals surface area contributed by atoms with E-state index in [1.54, 1.807) is 24.9 Å². The summed E-state index contributed by atoms with van der Waals surface area (Å²) >= 11 is 0. The standard InChI is InChI=1S/C10H11N3O/c1-7-4-8(6-14-7)10(11)9-5-12-2-3-13-9/h2-6,10H,11H2,1H3. The summed E-state index contributed by atoms with van der Waals surface area (Å²) in [7, 11) is 0. The molecule has 2 rings (SSSR count). The first-order valence-corrected chi connectivity index (χ1v) is 4.34. The van der Waals surface area contributed by atoms with E-state index < -0.39 is 0 Å². The lowest BCUT2D eigenvalue weighted by Gasteiger charge is -2.06. The number of hydrogen-bond acceptors (Lipinski definition) is 4. The second kappa shape index (κ2) is 3.59. The van der Waals surface area contributed by atoms with Crippen molar-refractivity contribution in [2.75, 3.05) is 0 Å². The summed E-state index contributed by atoms with van der Waals surface area (Å²) in [4.78, 5) is 8.10. The number of rotatable bonds is 2. The number of aromatic nitrogens is 2. The average molecular weight is 189 g/mol. The fourth-order valence-electron chi connectivity index (χ4n) is 1.27. The third kappa shape index (κ3) is 1.65. The summed E-state index contributed by atoms with van der Waals surface area (Å²) in [6.07, 6.45) is 6.56. The van der Waals surface area contributed by atoms with Crippen LogP contribution in [0.1, 0.15) is 23.1 Å². The van der Waals surface area contributed by atoms with Crippen molar-refractivity contribution in [1.29, 1.82) is 0 Å². The molecule has 0 radical (unpaired) electrons. The van der Waals surface area contributed by atoms with Crippen molar-refractivity contribution in [3.63, 3.8) is 0 Å². The van der Waals surface area contributed by atoms with Crippen LogP contribution in [0.5, 0.6) is 0 Å². The molecule has 0 saturated heterocycles. The lowest BCUT2D eigenvalue weighted by Crippen LogP contribution is -2.12. The van der Waals surface area contributed by atoms with Crippen molar-refractivity contribution < 1.29 is 4.42 Å². The maximum atomic E-state index is 5.97. The summed E-state index contributed by atoms with van der Waals surface area (Å²) in [5, 5.41) is 0. The van der Waals surface area contributed by atoms with Gasteiger partial charge in [0, 0.05) is 18.0 Å². The van der Waals surface area contributed by atoms with E-state index in [1.807, 2.05) is 13.0 Å². The van der Waals surface area contributed by atoms with E-state index in [-0.39, 0.29) is 6.04 Å². The molecule has 1 unspecified atom stereocenters. The van der Waals surface area contributed by atoms with E-state index in [2.05, 4.69) is 9.97 Å². The predicted octanol–water partition coefficient (Wildman–Crippen LogP) is 1.43. The zero-order chi connectivity index (χ0) is 9.97. The Bertz CT molecular complexity index is 410. The van der Waals surface area contributed by atoms with E-state index >= 15 is 0 Å². The number of furan rings is 1. The molecule has 0 aliphatic heterocycles. The van der Waals surface area contributed by atoms with Crippen molar-refractivity contribution in [2.45, 2.75) is 13.0 Å². The average Bonchev–Trinajstić information content (AvgIpc) is 2.65. The zero-order valence-corrected chi connectivity index (χ0v) is 7.84. The molecule has 0 spiro atoms. The Morgan fingerprint density at radius 3 is 2.86 bits per heavy atom. The molecule has 0 bridgehead atoms. The van der Waals surface area contributed by atoms with Gasteiger partial charge in [-0.15, -0.1) is 0 Å². The quantitative estimate of drug-likeness (QED) is 0.776. The van der Waals surface area contributed by atoms with E-state index in [0.29, 0.717) is 0 Å². The van der Waals surface area contributed by atoms with Gasteiger partial charge in [0.15, 0.2) is 0 Å². The Balaban J connectivity index is 2.29. The summed E-state index contributed by atoms with van der Waals surface area (Å²) in [6, 6.07) is 1.64. The molecule has 0 fully saturated rings. The molecule has 2 aromatic rings. The molecule has 14 heavy (non-hydrogen) atoms. The Morgan fingerprint density at radius 1 is 1.43 bits per heavy atom. The van der Waals surface area contributed by atoms with Gasteiger partial charge in [-0.1, -0.05) is 0 Å². The second-order valence-corrected chi connectivity index (χ2v) is 3.10. The van der Waals surface area contributed by atoms with Gasteiger partial charge in [0.25, 0.3) is 0 Å². The minimum absolute atomic E-state index is 0.263. The third-order valence-electron chi connectivity index (χ3n) is 2.01. The highest BCUT2D eigenvalue weighted by molar-refractivity contribution is 5.23. The molecule has 2 heterocycles. The van der Waals surface area contributed by atoms with Crippen molar-refractivity contribution in [1.82, 2.24) is 9.97 Å². The SMILES string of the molecule is Cc1cc(C(N)c2cnccn2)co1. The molecule has 1 atom stereocenters. The van der Waals surface area contributed by atoms with Crippen molar-refractivity contribution in [3.05, 3.63) is 47.9 Å². The smallest absolute Gasteiger partial charge is 0.101 e. The number of nitrogens with two attached hydrogens (primary N) is 1. The van der Waals surface area contributed by atoms with Crippen molar-refractivity contribution in [3.8, 4) is 0 Å². The summed E-state index contributed by atoms with van der Waals surface area (Å²) in [6.45, 7) is 1.88. The summed E-state index contributed by atoms with van der Waals surface area (Å²) in [5.74, 6) is 0.847. The van der Waals surface area contributed by atoms with Crippen molar-refractivity contribution >= 4 is 0 Å². The first-order chi connectivity index (χ1) is 6.77. The minimum atomic E-state index is -0.263. The van der Waals surface area contributed by atoms with Gasteiger partial charge in [0.05, 0.1) is 24.2 Å². The number of aryl methyl sites for hydroxylation is 1. The van der Waals surface area contributed by atoms with Crippen LogP contribution in [-0.2, 0) is 0 Å². The maximum absolute atomic E-state index is 5.97. The van der Waals surface area contributed by atoms with Gasteiger partial charge in [0.2, 0.25) is 0 Å². The Hall–Kier alpha value is -1.68. The monoisotopic (exact) mass is 189 g/mol. The van der Waals surface area contributed by atoms with Crippen molar-refractivity contribution in [2.24, 2.45) is 5.73 Å². The van der Waals surface area contributed by atoms with Crippen LogP contribution >= 0.6 is 0 Å². The van der Waals surface area contributed by atoms with Gasteiger partial charge in [-0.25, -0.2) is 0 Å². The maximum Gasteiger partial charge on any atom is 0.101 e.